The van der Waals surface area contributed by atoms with Gasteiger partial charge in [0, 0.05) is 5.56 Å². The molecule has 4 rings (SSSR count). The summed E-state index contributed by atoms with van der Waals surface area (Å²) in [5.41, 5.74) is 3.53. The van der Waals surface area contributed by atoms with Crippen molar-refractivity contribution in [3.8, 4) is 17.5 Å². The molecule has 0 aliphatic rings. The van der Waals surface area contributed by atoms with Crippen molar-refractivity contribution in [1.29, 1.82) is 5.26 Å². The molecule has 0 atom stereocenters. The van der Waals surface area contributed by atoms with Crippen molar-refractivity contribution in [1.82, 2.24) is 20.2 Å². The number of aliphatic hydroxyl groups is 1. The fraction of sp³-hybridized carbons (Fsp3) is 0.100. The van der Waals surface area contributed by atoms with Crippen molar-refractivity contribution in [3.63, 3.8) is 0 Å². The summed E-state index contributed by atoms with van der Waals surface area (Å²) in [6.45, 7) is 1.99. The number of para-hydroxylation sites is 2. The lowest BCUT2D eigenvalue weighted by Gasteiger charge is -2.00. The van der Waals surface area contributed by atoms with Gasteiger partial charge in [0.1, 0.15) is 17.4 Å². The fourth-order valence-electron chi connectivity index (χ4n) is 2.69. The van der Waals surface area contributed by atoms with E-state index in [0.29, 0.717) is 16.9 Å². The Morgan fingerprint density at radius 1 is 1.21 bits per heavy atom. The van der Waals surface area contributed by atoms with E-state index in [1.165, 1.54) is 0 Å². The summed E-state index contributed by atoms with van der Waals surface area (Å²) in [6.07, 6.45) is 0. The number of fused-ring (bicyclic) bond motifs is 1. The van der Waals surface area contributed by atoms with Crippen LogP contribution in [0.3, 0.4) is 0 Å². The van der Waals surface area contributed by atoms with Crippen LogP contribution in [-0.4, -0.2) is 31.0 Å². The molecule has 2 heterocycles. The molecule has 4 aromatic rings. The molecule has 0 aliphatic heterocycles. The molecule has 28 heavy (non-hydrogen) atoms. The highest BCUT2D eigenvalue weighted by Gasteiger charge is 2.15. The number of thioether (sulfide) groups is 1. The molecule has 2 N–H and O–H groups in total. The second-order valence-electron chi connectivity index (χ2n) is 6.07. The van der Waals surface area contributed by atoms with Gasteiger partial charge in [-0.05, 0) is 31.2 Å². The van der Waals surface area contributed by atoms with Crippen molar-refractivity contribution in [3.05, 3.63) is 65.7 Å². The van der Waals surface area contributed by atoms with Crippen molar-refractivity contribution in [2.24, 2.45) is 0 Å². The average molecular weight is 389 g/mol. The van der Waals surface area contributed by atoms with Crippen LogP contribution in [0.4, 0.5) is 0 Å². The van der Waals surface area contributed by atoms with Crippen molar-refractivity contribution in [2.75, 3.05) is 5.75 Å². The largest absolute Gasteiger partial charge is 0.510 e. The third-order valence-corrected chi connectivity index (χ3v) is 4.86. The molecule has 0 unspecified atom stereocenters. The van der Waals surface area contributed by atoms with Crippen LogP contribution < -0.4 is 0 Å². The first-order chi connectivity index (χ1) is 13.6. The number of aliphatic hydroxyl groups excluding tert-OH is 1. The van der Waals surface area contributed by atoms with Crippen LogP contribution in [0.1, 0.15) is 11.4 Å². The van der Waals surface area contributed by atoms with Crippen molar-refractivity contribution in [2.45, 2.75) is 12.1 Å². The highest BCUT2D eigenvalue weighted by molar-refractivity contribution is 7.99. The summed E-state index contributed by atoms with van der Waals surface area (Å²) in [4.78, 5) is 7.40. The second kappa shape index (κ2) is 7.58. The highest BCUT2D eigenvalue weighted by Crippen LogP contribution is 2.26. The van der Waals surface area contributed by atoms with E-state index in [1.807, 2.05) is 61.5 Å². The minimum atomic E-state index is -0.109. The first-order valence-electron chi connectivity index (χ1n) is 8.44. The lowest BCUT2D eigenvalue weighted by atomic mass is 10.1. The summed E-state index contributed by atoms with van der Waals surface area (Å²) < 4.78 is 5.64. The van der Waals surface area contributed by atoms with E-state index < -0.39 is 0 Å². The van der Waals surface area contributed by atoms with Gasteiger partial charge in [-0.2, -0.15) is 5.26 Å². The summed E-state index contributed by atoms with van der Waals surface area (Å²) >= 11 is 1.15. The van der Waals surface area contributed by atoms with E-state index in [1.54, 1.807) is 0 Å². The number of H-pyrrole nitrogens is 1. The third kappa shape index (κ3) is 3.61. The van der Waals surface area contributed by atoms with Crippen molar-refractivity contribution >= 4 is 28.4 Å². The van der Waals surface area contributed by atoms with E-state index in [4.69, 9.17) is 4.42 Å². The lowest BCUT2D eigenvalue weighted by molar-refractivity contribution is 0.418. The molecular weight excluding hydrogens is 374 g/mol. The number of rotatable bonds is 5. The van der Waals surface area contributed by atoms with Crippen LogP contribution in [0.5, 0.6) is 0 Å². The Bertz CT molecular complexity index is 1190. The average Bonchev–Trinajstić information content (AvgIpc) is 3.34. The number of nitrogens with one attached hydrogen (secondary N) is 1. The monoisotopic (exact) mass is 389 g/mol. The number of aromatic amines is 1. The van der Waals surface area contributed by atoms with Gasteiger partial charge < -0.3 is 14.5 Å². The summed E-state index contributed by atoms with van der Waals surface area (Å²) in [6, 6.07) is 17.2. The molecule has 0 spiro atoms. The Morgan fingerprint density at radius 2 is 2.07 bits per heavy atom. The molecule has 0 fully saturated rings. The molecule has 0 amide bonds. The van der Waals surface area contributed by atoms with Gasteiger partial charge in [-0.3, -0.25) is 0 Å². The molecule has 0 saturated heterocycles. The predicted octanol–water partition coefficient (Wildman–Crippen LogP) is 4.51. The zero-order valence-corrected chi connectivity index (χ0v) is 15.7. The Morgan fingerprint density at radius 3 is 2.86 bits per heavy atom. The molecule has 2 aromatic carbocycles. The van der Waals surface area contributed by atoms with Gasteiger partial charge in [-0.25, -0.2) is 4.98 Å². The zero-order chi connectivity index (χ0) is 19.5. The molecule has 0 saturated carbocycles. The number of allylic oxidation sites excluding steroid dienone is 1. The minimum absolute atomic E-state index is 0.0853. The number of hydrogen-bond acceptors (Lipinski definition) is 7. The maximum atomic E-state index is 10.4. The van der Waals surface area contributed by atoms with E-state index in [9.17, 15) is 10.4 Å². The number of hydrogen-bond donors (Lipinski definition) is 2. The Labute approximate surface area is 164 Å². The van der Waals surface area contributed by atoms with Crippen LogP contribution in [0.15, 0.2) is 63.9 Å². The van der Waals surface area contributed by atoms with E-state index in [-0.39, 0.29) is 17.1 Å². The molecule has 0 aliphatic carbocycles. The summed E-state index contributed by atoms with van der Waals surface area (Å²) in [7, 11) is 0. The zero-order valence-electron chi connectivity index (χ0n) is 14.9. The van der Waals surface area contributed by atoms with Crippen LogP contribution in [-0.2, 0) is 0 Å². The first kappa shape index (κ1) is 17.8. The van der Waals surface area contributed by atoms with Gasteiger partial charge in [0.2, 0.25) is 5.89 Å². The number of nitrogens with zero attached hydrogens (tertiary/aromatic N) is 4. The first-order valence-corrected chi connectivity index (χ1v) is 9.43. The standard InChI is InChI=1S/C20H15N5O2S/c1-12-5-4-6-13(9-12)19-24-25-20(27-19)28-11-17(26)14(10-21)18-22-15-7-2-3-8-16(15)23-18/h2-9,26H,11H2,1H3,(H,22,23)/b17-14-. The normalized spacial score (nSPS) is 12.0. The highest BCUT2D eigenvalue weighted by atomic mass is 32.2. The molecule has 2 aromatic heterocycles. The summed E-state index contributed by atoms with van der Waals surface area (Å²) in [5.74, 6) is 0.733. The topological polar surface area (TPSA) is 112 Å². The third-order valence-electron chi connectivity index (χ3n) is 4.03. The van der Waals surface area contributed by atoms with Crippen LogP contribution in [0.2, 0.25) is 0 Å². The molecule has 8 heteroatoms. The van der Waals surface area contributed by atoms with E-state index >= 15 is 0 Å². The predicted molar refractivity (Wildman–Crippen MR) is 106 cm³/mol. The number of aryl methyl sites for hydroxylation is 1. The maximum absolute atomic E-state index is 10.4. The Balaban J connectivity index is 1.52. The number of imidazole rings is 1. The minimum Gasteiger partial charge on any atom is -0.510 e. The molecule has 138 valence electrons. The van der Waals surface area contributed by atoms with E-state index in [2.05, 4.69) is 20.2 Å². The van der Waals surface area contributed by atoms with Gasteiger partial charge in [0.05, 0.1) is 16.8 Å². The Hall–Kier alpha value is -3.57. The molecule has 0 radical (unpaired) electrons. The van der Waals surface area contributed by atoms with Gasteiger partial charge in [0.25, 0.3) is 5.22 Å². The Kier molecular flexibility index (Phi) is 4.83. The number of aromatic nitrogens is 4. The van der Waals surface area contributed by atoms with Gasteiger partial charge in [-0.15, -0.1) is 10.2 Å². The SMILES string of the molecule is Cc1cccc(-c2nnc(SC/C(O)=C(\C#N)c3nc4ccccc4[nH]3)o2)c1. The van der Waals surface area contributed by atoms with Crippen molar-refractivity contribution < 1.29 is 9.52 Å². The smallest absolute Gasteiger partial charge is 0.277 e. The fourth-order valence-corrected chi connectivity index (χ4v) is 3.33. The van der Waals surface area contributed by atoms with Gasteiger partial charge in [-0.1, -0.05) is 41.6 Å². The number of benzene rings is 2. The van der Waals surface area contributed by atoms with Crippen LogP contribution >= 0.6 is 11.8 Å². The quantitative estimate of drug-likeness (QED) is 0.293. The second-order valence-corrected chi connectivity index (χ2v) is 6.99. The van der Waals surface area contributed by atoms with Crippen LogP contribution in [0, 0.1) is 18.3 Å². The molecule has 7 nitrogen and oxygen atoms in total. The van der Waals surface area contributed by atoms with Crippen LogP contribution in [0.25, 0.3) is 28.1 Å². The molecule has 0 bridgehead atoms. The lowest BCUT2D eigenvalue weighted by Crippen LogP contribution is -1.95. The summed E-state index contributed by atoms with van der Waals surface area (Å²) in [5, 5.41) is 28.2. The number of nitriles is 1. The maximum Gasteiger partial charge on any atom is 0.277 e. The van der Waals surface area contributed by atoms with Gasteiger partial charge >= 0.3 is 0 Å². The molecular formula is C20H15N5O2S. The van der Waals surface area contributed by atoms with Gasteiger partial charge in [0.15, 0.2) is 5.82 Å². The van der Waals surface area contributed by atoms with E-state index in [0.717, 1.165) is 33.9 Å².